The van der Waals surface area contributed by atoms with E-state index in [2.05, 4.69) is 20.4 Å². The van der Waals surface area contributed by atoms with Crippen molar-refractivity contribution in [2.75, 3.05) is 28.4 Å². The molecule has 0 aliphatic rings. The summed E-state index contributed by atoms with van der Waals surface area (Å²) < 4.78 is 21.5. The first-order valence-electron chi connectivity index (χ1n) is 8.28. The van der Waals surface area contributed by atoms with E-state index in [0.29, 0.717) is 23.0 Å². The van der Waals surface area contributed by atoms with Crippen molar-refractivity contribution in [3.63, 3.8) is 0 Å². The standard InChI is InChI=1S/C22H26O4/c1-14(2)22(17-9-11-19(24-5)21(13-17)26-7)15(3)16-8-10-18(23-4)20(12-16)25-6/h8-13H,3H2,1-2,4-7H3. The van der Waals surface area contributed by atoms with Crippen LogP contribution in [-0.2, 0) is 0 Å². The monoisotopic (exact) mass is 354 g/mol. The molecule has 138 valence electrons. The van der Waals surface area contributed by atoms with Crippen LogP contribution in [0.15, 0.2) is 48.6 Å². The van der Waals surface area contributed by atoms with E-state index in [-0.39, 0.29) is 0 Å². The predicted molar refractivity (Wildman–Crippen MR) is 106 cm³/mol. The molecule has 0 N–H and O–H groups in total. The van der Waals surface area contributed by atoms with Gasteiger partial charge in [-0.05, 0) is 60.4 Å². The first-order valence-corrected chi connectivity index (χ1v) is 8.28. The maximum Gasteiger partial charge on any atom is 0.161 e. The molecule has 0 amide bonds. The quantitative estimate of drug-likeness (QED) is 0.638. The second kappa shape index (κ2) is 8.48. The van der Waals surface area contributed by atoms with Crippen molar-refractivity contribution in [2.45, 2.75) is 13.8 Å². The van der Waals surface area contributed by atoms with Gasteiger partial charge in [-0.1, -0.05) is 24.3 Å². The van der Waals surface area contributed by atoms with Crippen molar-refractivity contribution in [1.29, 1.82) is 0 Å². The first-order chi connectivity index (χ1) is 12.5. The SMILES string of the molecule is C=C(C(=C(C)C)c1ccc(OC)c(OC)c1)c1ccc(OC)c(OC)c1. The molecule has 0 heterocycles. The smallest absolute Gasteiger partial charge is 0.161 e. The van der Waals surface area contributed by atoms with Gasteiger partial charge in [0, 0.05) is 0 Å². The summed E-state index contributed by atoms with van der Waals surface area (Å²) >= 11 is 0. The molecule has 26 heavy (non-hydrogen) atoms. The Kier molecular flexibility index (Phi) is 6.34. The highest BCUT2D eigenvalue weighted by atomic mass is 16.5. The Morgan fingerprint density at radius 3 is 1.50 bits per heavy atom. The fourth-order valence-corrected chi connectivity index (χ4v) is 2.92. The number of benzene rings is 2. The van der Waals surface area contributed by atoms with Crippen LogP contribution in [0.2, 0.25) is 0 Å². The van der Waals surface area contributed by atoms with Crippen LogP contribution in [-0.4, -0.2) is 28.4 Å². The molecule has 2 rings (SSSR count). The normalized spacial score (nSPS) is 10.1. The molecule has 0 aromatic heterocycles. The molecule has 0 unspecified atom stereocenters. The van der Waals surface area contributed by atoms with E-state index in [1.807, 2.05) is 36.4 Å². The van der Waals surface area contributed by atoms with Gasteiger partial charge in [-0.15, -0.1) is 0 Å². The summed E-state index contributed by atoms with van der Waals surface area (Å²) in [7, 11) is 6.51. The van der Waals surface area contributed by atoms with E-state index in [9.17, 15) is 0 Å². The predicted octanol–water partition coefficient (Wildman–Crippen LogP) is 5.23. The van der Waals surface area contributed by atoms with Crippen molar-refractivity contribution in [3.05, 3.63) is 59.7 Å². The van der Waals surface area contributed by atoms with Crippen LogP contribution < -0.4 is 18.9 Å². The molecule has 4 nitrogen and oxygen atoms in total. The van der Waals surface area contributed by atoms with Gasteiger partial charge in [0.1, 0.15) is 0 Å². The average Bonchev–Trinajstić information content (AvgIpc) is 2.66. The minimum atomic E-state index is 0.673. The molecular weight excluding hydrogens is 328 g/mol. The zero-order valence-electron chi connectivity index (χ0n) is 16.3. The lowest BCUT2D eigenvalue weighted by molar-refractivity contribution is 0.355. The number of hydrogen-bond acceptors (Lipinski definition) is 4. The van der Waals surface area contributed by atoms with E-state index >= 15 is 0 Å². The molecule has 0 spiro atoms. The molecule has 0 aliphatic heterocycles. The minimum Gasteiger partial charge on any atom is -0.493 e. The van der Waals surface area contributed by atoms with Crippen LogP contribution in [0.3, 0.4) is 0 Å². The van der Waals surface area contributed by atoms with E-state index in [1.54, 1.807) is 28.4 Å². The van der Waals surface area contributed by atoms with Crippen LogP contribution in [0.1, 0.15) is 25.0 Å². The Hall–Kier alpha value is -2.88. The lowest BCUT2D eigenvalue weighted by Gasteiger charge is -2.17. The lowest BCUT2D eigenvalue weighted by atomic mass is 9.90. The van der Waals surface area contributed by atoms with Crippen molar-refractivity contribution in [1.82, 2.24) is 0 Å². The fourth-order valence-electron chi connectivity index (χ4n) is 2.92. The van der Waals surface area contributed by atoms with E-state index in [1.165, 1.54) is 0 Å². The minimum absolute atomic E-state index is 0.673. The molecule has 0 saturated carbocycles. The van der Waals surface area contributed by atoms with Crippen LogP contribution in [0.5, 0.6) is 23.0 Å². The zero-order valence-corrected chi connectivity index (χ0v) is 16.3. The van der Waals surface area contributed by atoms with Crippen molar-refractivity contribution in [2.24, 2.45) is 0 Å². The molecule has 0 fully saturated rings. The van der Waals surface area contributed by atoms with Gasteiger partial charge in [0.05, 0.1) is 28.4 Å². The molecule has 0 radical (unpaired) electrons. The summed E-state index contributed by atoms with van der Waals surface area (Å²) in [5.74, 6) is 2.74. The van der Waals surface area contributed by atoms with Crippen LogP contribution in [0.25, 0.3) is 11.1 Å². The van der Waals surface area contributed by atoms with Crippen molar-refractivity contribution >= 4 is 11.1 Å². The Morgan fingerprint density at radius 2 is 1.08 bits per heavy atom. The van der Waals surface area contributed by atoms with Crippen LogP contribution >= 0.6 is 0 Å². The van der Waals surface area contributed by atoms with E-state index in [0.717, 1.165) is 27.8 Å². The number of methoxy groups -OCH3 is 4. The highest BCUT2D eigenvalue weighted by Gasteiger charge is 2.15. The van der Waals surface area contributed by atoms with Crippen molar-refractivity contribution in [3.8, 4) is 23.0 Å². The second-order valence-electron chi connectivity index (χ2n) is 5.99. The fraction of sp³-hybridized carbons (Fsp3) is 0.273. The van der Waals surface area contributed by atoms with E-state index in [4.69, 9.17) is 18.9 Å². The first kappa shape index (κ1) is 19.4. The third-order valence-electron chi connectivity index (χ3n) is 4.21. The van der Waals surface area contributed by atoms with Gasteiger partial charge in [0.2, 0.25) is 0 Å². The lowest BCUT2D eigenvalue weighted by Crippen LogP contribution is -1.97. The molecule has 0 saturated heterocycles. The summed E-state index contributed by atoms with van der Waals surface area (Å²) in [6.07, 6.45) is 0. The molecule has 2 aromatic rings. The van der Waals surface area contributed by atoms with Crippen molar-refractivity contribution < 1.29 is 18.9 Å². The Labute approximate surface area is 155 Å². The van der Waals surface area contributed by atoms with Crippen LogP contribution in [0.4, 0.5) is 0 Å². The number of hydrogen-bond donors (Lipinski definition) is 0. The highest BCUT2D eigenvalue weighted by molar-refractivity contribution is 6.05. The summed E-state index contributed by atoms with van der Waals surface area (Å²) in [4.78, 5) is 0. The highest BCUT2D eigenvalue weighted by Crippen LogP contribution is 2.39. The summed E-state index contributed by atoms with van der Waals surface area (Å²) in [5, 5.41) is 0. The van der Waals surface area contributed by atoms with E-state index < -0.39 is 0 Å². The molecule has 0 bridgehead atoms. The van der Waals surface area contributed by atoms with Gasteiger partial charge in [-0.2, -0.15) is 0 Å². The van der Waals surface area contributed by atoms with Gasteiger partial charge in [-0.3, -0.25) is 0 Å². The number of allylic oxidation sites excluding steroid dienone is 3. The Balaban J connectivity index is 2.52. The van der Waals surface area contributed by atoms with Gasteiger partial charge in [0.15, 0.2) is 23.0 Å². The molecule has 0 atom stereocenters. The topological polar surface area (TPSA) is 36.9 Å². The second-order valence-corrected chi connectivity index (χ2v) is 5.99. The Bertz CT molecular complexity index is 830. The third-order valence-corrected chi connectivity index (χ3v) is 4.21. The Morgan fingerprint density at radius 1 is 0.654 bits per heavy atom. The third kappa shape index (κ3) is 3.85. The number of ether oxygens (including phenoxy) is 4. The van der Waals surface area contributed by atoms with Gasteiger partial charge in [-0.25, -0.2) is 0 Å². The molecule has 0 aliphatic carbocycles. The van der Waals surface area contributed by atoms with Gasteiger partial charge in [0.25, 0.3) is 0 Å². The summed E-state index contributed by atoms with van der Waals surface area (Å²) in [6, 6.07) is 11.7. The van der Waals surface area contributed by atoms with Crippen LogP contribution in [0, 0.1) is 0 Å². The summed E-state index contributed by atoms with van der Waals surface area (Å²) in [5.41, 5.74) is 5.09. The molecular formula is C22H26O4. The maximum absolute atomic E-state index is 5.45. The molecule has 4 heteroatoms. The number of rotatable bonds is 7. The zero-order chi connectivity index (χ0) is 19.3. The average molecular weight is 354 g/mol. The van der Waals surface area contributed by atoms with Gasteiger partial charge < -0.3 is 18.9 Å². The maximum atomic E-state index is 5.45. The summed E-state index contributed by atoms with van der Waals surface area (Å²) in [6.45, 7) is 8.46. The molecule has 2 aromatic carbocycles. The largest absolute Gasteiger partial charge is 0.493 e. The van der Waals surface area contributed by atoms with Gasteiger partial charge >= 0.3 is 0 Å².